The van der Waals surface area contributed by atoms with Gasteiger partial charge in [0.1, 0.15) is 11.6 Å². The summed E-state index contributed by atoms with van der Waals surface area (Å²) in [6.07, 6.45) is 0. The van der Waals surface area contributed by atoms with E-state index < -0.39 is 11.8 Å². The molecule has 0 saturated heterocycles. The van der Waals surface area contributed by atoms with Gasteiger partial charge in [0, 0.05) is 5.70 Å². The lowest BCUT2D eigenvalue weighted by Gasteiger charge is -2.04. The van der Waals surface area contributed by atoms with E-state index in [1.807, 2.05) is 0 Å². The van der Waals surface area contributed by atoms with Crippen LogP contribution in [0.25, 0.3) is 0 Å². The van der Waals surface area contributed by atoms with Crippen molar-refractivity contribution in [2.24, 2.45) is 11.5 Å². The van der Waals surface area contributed by atoms with E-state index in [9.17, 15) is 9.59 Å². The summed E-state index contributed by atoms with van der Waals surface area (Å²) in [5, 5.41) is 11.0. The normalized spacial score (nSPS) is 11.1. The fourth-order valence-electron chi connectivity index (χ4n) is 0.632. The maximum atomic E-state index is 10.6. The van der Waals surface area contributed by atoms with E-state index in [1.165, 1.54) is 6.92 Å². The van der Waals surface area contributed by atoms with Gasteiger partial charge in [-0.3, -0.25) is 9.59 Å². The maximum absolute atomic E-state index is 10.6. The molecular weight excluding hydrogens is 172 g/mol. The van der Waals surface area contributed by atoms with E-state index in [1.54, 1.807) is 6.07 Å². The van der Waals surface area contributed by atoms with Gasteiger partial charge < -0.3 is 16.8 Å². The highest BCUT2D eigenvalue weighted by molar-refractivity contribution is 5.96. The van der Waals surface area contributed by atoms with Crippen molar-refractivity contribution < 1.29 is 9.59 Å². The molecule has 0 atom stereocenters. The van der Waals surface area contributed by atoms with Crippen molar-refractivity contribution >= 4 is 11.8 Å². The molecule has 2 amide bonds. The summed E-state index contributed by atoms with van der Waals surface area (Å²) in [5.74, 6) is -1.42. The first-order valence-corrected chi connectivity index (χ1v) is 3.42. The summed E-state index contributed by atoms with van der Waals surface area (Å²) in [6, 6.07) is 1.62. The monoisotopic (exact) mass is 182 g/mol. The van der Waals surface area contributed by atoms with Crippen LogP contribution < -0.4 is 16.8 Å². The average molecular weight is 182 g/mol. The van der Waals surface area contributed by atoms with Crippen molar-refractivity contribution in [3.05, 3.63) is 11.3 Å². The average Bonchev–Trinajstić information content (AvgIpc) is 2.01. The maximum Gasteiger partial charge on any atom is 0.261 e. The molecule has 0 aromatic carbocycles. The molecule has 0 aromatic heterocycles. The molecule has 0 aliphatic carbocycles. The van der Waals surface area contributed by atoms with Crippen molar-refractivity contribution in [2.45, 2.75) is 6.92 Å². The van der Waals surface area contributed by atoms with Gasteiger partial charge in [-0.2, -0.15) is 5.26 Å². The Kier molecular flexibility index (Phi) is 4.02. The zero-order chi connectivity index (χ0) is 10.4. The summed E-state index contributed by atoms with van der Waals surface area (Å²) >= 11 is 0. The molecule has 70 valence electrons. The summed E-state index contributed by atoms with van der Waals surface area (Å²) in [6.45, 7) is 1.33. The van der Waals surface area contributed by atoms with Crippen LogP contribution in [0.15, 0.2) is 11.3 Å². The lowest BCUT2D eigenvalue weighted by molar-refractivity contribution is -0.117. The summed E-state index contributed by atoms with van der Waals surface area (Å²) < 4.78 is 0. The third-order valence-electron chi connectivity index (χ3n) is 1.26. The first-order chi connectivity index (χ1) is 5.99. The van der Waals surface area contributed by atoms with Crippen LogP contribution in [0.1, 0.15) is 6.92 Å². The number of nitriles is 1. The van der Waals surface area contributed by atoms with Crippen LogP contribution in [0, 0.1) is 11.3 Å². The van der Waals surface area contributed by atoms with Crippen molar-refractivity contribution in [1.82, 2.24) is 5.32 Å². The Bertz CT molecular complexity index is 300. The molecule has 0 unspecified atom stereocenters. The largest absolute Gasteiger partial charge is 0.379 e. The smallest absolute Gasteiger partial charge is 0.261 e. The summed E-state index contributed by atoms with van der Waals surface area (Å²) in [4.78, 5) is 20.9. The quantitative estimate of drug-likeness (QED) is 0.356. The third kappa shape index (κ3) is 3.76. The highest BCUT2D eigenvalue weighted by Crippen LogP contribution is 1.97. The number of rotatable bonds is 4. The predicted octanol–water partition coefficient (Wildman–Crippen LogP) is -1.66. The van der Waals surface area contributed by atoms with Crippen molar-refractivity contribution in [1.29, 1.82) is 5.26 Å². The molecule has 13 heavy (non-hydrogen) atoms. The standard InChI is InChI=1S/C7H10N4O2/c1-4(11-3-6(9)12)5(2-8)7(10)13/h11H,3H2,1H3,(H2,9,12)(H2,10,13)/b5-4+. The topological polar surface area (TPSA) is 122 Å². The van der Waals surface area contributed by atoms with Crippen molar-refractivity contribution in [3.63, 3.8) is 0 Å². The van der Waals surface area contributed by atoms with E-state index in [4.69, 9.17) is 16.7 Å². The van der Waals surface area contributed by atoms with E-state index in [0.717, 1.165) is 0 Å². The van der Waals surface area contributed by atoms with Gasteiger partial charge in [-0.25, -0.2) is 0 Å². The zero-order valence-corrected chi connectivity index (χ0v) is 7.13. The number of nitrogens with one attached hydrogen (secondary N) is 1. The van der Waals surface area contributed by atoms with Crippen LogP contribution in [-0.2, 0) is 9.59 Å². The van der Waals surface area contributed by atoms with Crippen LogP contribution in [-0.4, -0.2) is 18.4 Å². The van der Waals surface area contributed by atoms with Gasteiger partial charge in [-0.15, -0.1) is 0 Å². The second-order valence-electron chi connectivity index (χ2n) is 2.30. The van der Waals surface area contributed by atoms with E-state index in [2.05, 4.69) is 5.32 Å². The molecule has 5 N–H and O–H groups in total. The van der Waals surface area contributed by atoms with Crippen LogP contribution >= 0.6 is 0 Å². The lowest BCUT2D eigenvalue weighted by Crippen LogP contribution is -2.29. The van der Waals surface area contributed by atoms with Crippen molar-refractivity contribution in [2.75, 3.05) is 6.54 Å². The van der Waals surface area contributed by atoms with E-state index in [0.29, 0.717) is 0 Å². The molecule has 0 aromatic rings. The molecule has 6 heteroatoms. The Morgan fingerprint density at radius 3 is 2.31 bits per heavy atom. The molecule has 0 aliphatic heterocycles. The molecule has 6 nitrogen and oxygen atoms in total. The Hall–Kier alpha value is -2.03. The Balaban J connectivity index is 4.51. The number of carbonyl (C=O) groups is 2. The fraction of sp³-hybridized carbons (Fsp3) is 0.286. The van der Waals surface area contributed by atoms with Gasteiger partial charge in [0.05, 0.1) is 6.54 Å². The van der Waals surface area contributed by atoms with Gasteiger partial charge in [-0.1, -0.05) is 0 Å². The van der Waals surface area contributed by atoms with Crippen LogP contribution in [0.2, 0.25) is 0 Å². The number of amides is 2. The number of nitrogens with zero attached hydrogens (tertiary/aromatic N) is 1. The first-order valence-electron chi connectivity index (χ1n) is 3.42. The number of hydrogen-bond acceptors (Lipinski definition) is 4. The van der Waals surface area contributed by atoms with Gasteiger partial charge in [0.25, 0.3) is 5.91 Å². The van der Waals surface area contributed by atoms with E-state index in [-0.39, 0.29) is 17.8 Å². The Morgan fingerprint density at radius 2 is 2.00 bits per heavy atom. The number of nitrogens with two attached hydrogens (primary N) is 2. The molecule has 0 bridgehead atoms. The zero-order valence-electron chi connectivity index (χ0n) is 7.13. The highest BCUT2D eigenvalue weighted by atomic mass is 16.1. The first kappa shape index (κ1) is 11.0. The molecule has 0 aliphatic rings. The van der Waals surface area contributed by atoms with Gasteiger partial charge in [-0.05, 0) is 6.92 Å². The van der Waals surface area contributed by atoms with Crippen LogP contribution in [0.4, 0.5) is 0 Å². The SMILES string of the molecule is C/C(NCC(N)=O)=C(/C#N)C(N)=O. The predicted molar refractivity (Wildman–Crippen MR) is 44.7 cm³/mol. The van der Waals surface area contributed by atoms with Gasteiger partial charge in [0.2, 0.25) is 5.91 Å². The van der Waals surface area contributed by atoms with Crippen molar-refractivity contribution in [3.8, 4) is 6.07 Å². The summed E-state index contributed by atoms with van der Waals surface area (Å²) in [5.41, 5.74) is 9.75. The molecule has 0 rings (SSSR count). The van der Waals surface area contributed by atoms with E-state index >= 15 is 0 Å². The number of carbonyl (C=O) groups excluding carboxylic acids is 2. The van der Waals surface area contributed by atoms with Crippen LogP contribution in [0.3, 0.4) is 0 Å². The Morgan fingerprint density at radius 1 is 1.46 bits per heavy atom. The number of allylic oxidation sites excluding steroid dienone is 1. The molecule has 0 saturated carbocycles. The number of primary amides is 2. The number of hydrogen-bond donors (Lipinski definition) is 3. The molecular formula is C7H10N4O2. The lowest BCUT2D eigenvalue weighted by atomic mass is 10.2. The minimum Gasteiger partial charge on any atom is -0.379 e. The second kappa shape index (κ2) is 4.77. The molecule has 0 spiro atoms. The van der Waals surface area contributed by atoms with Crippen LogP contribution in [0.5, 0.6) is 0 Å². The van der Waals surface area contributed by atoms with Gasteiger partial charge in [0.15, 0.2) is 0 Å². The van der Waals surface area contributed by atoms with Gasteiger partial charge >= 0.3 is 0 Å². The minimum atomic E-state index is -0.836. The minimum absolute atomic E-state index is 0.135. The Labute approximate surface area is 75.2 Å². The molecule has 0 radical (unpaired) electrons. The summed E-state index contributed by atoms with van der Waals surface area (Å²) in [7, 11) is 0. The fourth-order valence-corrected chi connectivity index (χ4v) is 0.632. The molecule has 0 heterocycles. The molecule has 0 fully saturated rings. The third-order valence-corrected chi connectivity index (χ3v) is 1.26. The highest BCUT2D eigenvalue weighted by Gasteiger charge is 2.08. The second-order valence-corrected chi connectivity index (χ2v) is 2.30.